The first-order valence-corrected chi connectivity index (χ1v) is 7.52. The van der Waals surface area contributed by atoms with Crippen LogP contribution in [0.15, 0.2) is 53.9 Å². The van der Waals surface area contributed by atoms with Crippen molar-refractivity contribution in [1.82, 2.24) is 19.7 Å². The number of hydrogen-bond donors (Lipinski definition) is 0. The first kappa shape index (κ1) is 13.5. The van der Waals surface area contributed by atoms with Gasteiger partial charge < -0.3 is 0 Å². The van der Waals surface area contributed by atoms with E-state index in [-0.39, 0.29) is 0 Å². The number of nitrogens with zero attached hydrogens (tertiary/aromatic N) is 4. The van der Waals surface area contributed by atoms with Gasteiger partial charge in [-0.15, -0.1) is 0 Å². The summed E-state index contributed by atoms with van der Waals surface area (Å²) in [6, 6.07) is 11.4. The van der Waals surface area contributed by atoms with Gasteiger partial charge in [0.05, 0.1) is 5.56 Å². The third-order valence-electron chi connectivity index (χ3n) is 2.95. The molecule has 0 radical (unpaired) electrons. The lowest BCUT2D eigenvalue weighted by atomic mass is 10.1. The molecule has 0 unspecified atom stereocenters. The van der Waals surface area contributed by atoms with E-state index in [1.165, 1.54) is 11.8 Å². The molecule has 5 nitrogen and oxygen atoms in total. The van der Waals surface area contributed by atoms with Crippen LogP contribution < -0.4 is 0 Å². The van der Waals surface area contributed by atoms with Crippen LogP contribution in [0.5, 0.6) is 0 Å². The van der Waals surface area contributed by atoms with E-state index in [9.17, 15) is 4.79 Å². The van der Waals surface area contributed by atoms with E-state index in [0.717, 1.165) is 11.8 Å². The van der Waals surface area contributed by atoms with Crippen molar-refractivity contribution in [2.24, 2.45) is 0 Å². The average molecular weight is 296 g/mol. The molecule has 6 heteroatoms. The maximum Gasteiger partial charge on any atom is 0.189 e. The number of aldehydes is 1. The summed E-state index contributed by atoms with van der Waals surface area (Å²) >= 11 is 1.46. The van der Waals surface area contributed by atoms with E-state index in [0.29, 0.717) is 22.2 Å². The zero-order valence-corrected chi connectivity index (χ0v) is 12.1. The first-order chi connectivity index (χ1) is 10.3. The Morgan fingerprint density at radius 2 is 2.00 bits per heavy atom. The van der Waals surface area contributed by atoms with Crippen molar-refractivity contribution >= 4 is 18.0 Å². The highest BCUT2D eigenvalue weighted by molar-refractivity contribution is 7.98. The number of rotatable bonds is 4. The molecule has 0 aliphatic heterocycles. The molecule has 0 N–H and O–H groups in total. The lowest BCUT2D eigenvalue weighted by Gasteiger charge is -2.01. The minimum atomic E-state index is 0.533. The van der Waals surface area contributed by atoms with Gasteiger partial charge in [0.25, 0.3) is 0 Å². The zero-order valence-electron chi connectivity index (χ0n) is 11.3. The summed E-state index contributed by atoms with van der Waals surface area (Å²) in [5.41, 5.74) is 2.08. The highest BCUT2D eigenvalue weighted by Gasteiger charge is 2.12. The Kier molecular flexibility index (Phi) is 3.79. The fourth-order valence-electron chi connectivity index (χ4n) is 1.97. The topological polar surface area (TPSA) is 60.7 Å². The Hall–Kier alpha value is -2.47. The Labute approximate surface area is 126 Å². The molecule has 1 aromatic carbocycles. The van der Waals surface area contributed by atoms with Crippen LogP contribution >= 0.6 is 11.8 Å². The summed E-state index contributed by atoms with van der Waals surface area (Å²) < 4.78 is 1.60. The predicted molar refractivity (Wildman–Crippen MR) is 81.8 cm³/mol. The van der Waals surface area contributed by atoms with Crippen LogP contribution in [-0.4, -0.2) is 32.3 Å². The SMILES string of the molecule is CSc1nccc(-n2cc(C=O)c(-c3ccccc3)n2)n1. The third kappa shape index (κ3) is 2.71. The van der Waals surface area contributed by atoms with Gasteiger partial charge in [0, 0.05) is 24.0 Å². The van der Waals surface area contributed by atoms with E-state index >= 15 is 0 Å². The quantitative estimate of drug-likeness (QED) is 0.421. The van der Waals surface area contributed by atoms with Crippen LogP contribution in [0.25, 0.3) is 17.1 Å². The number of hydrogen-bond acceptors (Lipinski definition) is 5. The van der Waals surface area contributed by atoms with Crippen LogP contribution in [0.3, 0.4) is 0 Å². The lowest BCUT2D eigenvalue weighted by Crippen LogP contribution is -2.00. The third-order valence-corrected chi connectivity index (χ3v) is 3.51. The van der Waals surface area contributed by atoms with Crippen LogP contribution in [-0.2, 0) is 0 Å². The van der Waals surface area contributed by atoms with Gasteiger partial charge in [0.1, 0.15) is 5.69 Å². The summed E-state index contributed by atoms with van der Waals surface area (Å²) in [5.74, 6) is 0.639. The van der Waals surface area contributed by atoms with Gasteiger partial charge in [-0.2, -0.15) is 5.10 Å². The van der Waals surface area contributed by atoms with Crippen LogP contribution in [0.1, 0.15) is 10.4 Å². The Balaban J connectivity index is 2.09. The van der Waals surface area contributed by atoms with Crippen molar-refractivity contribution in [2.75, 3.05) is 6.26 Å². The summed E-state index contributed by atoms with van der Waals surface area (Å²) in [7, 11) is 0. The maximum atomic E-state index is 11.3. The van der Waals surface area contributed by atoms with Crippen LogP contribution in [0.4, 0.5) is 0 Å². The van der Waals surface area contributed by atoms with Gasteiger partial charge in [-0.1, -0.05) is 42.1 Å². The fraction of sp³-hybridized carbons (Fsp3) is 0.0667. The fourth-order valence-corrected chi connectivity index (χ4v) is 2.32. The molecule has 2 aromatic heterocycles. The number of benzene rings is 1. The lowest BCUT2D eigenvalue weighted by molar-refractivity contribution is 0.112. The summed E-state index contributed by atoms with van der Waals surface area (Å²) in [6.07, 6.45) is 6.08. The summed E-state index contributed by atoms with van der Waals surface area (Å²) in [4.78, 5) is 19.8. The van der Waals surface area contributed by atoms with Gasteiger partial charge in [0.2, 0.25) is 0 Å². The van der Waals surface area contributed by atoms with E-state index < -0.39 is 0 Å². The molecule has 0 fully saturated rings. The van der Waals surface area contributed by atoms with Crippen molar-refractivity contribution in [3.05, 3.63) is 54.4 Å². The molecule has 0 aliphatic carbocycles. The first-order valence-electron chi connectivity index (χ1n) is 6.29. The Morgan fingerprint density at radius 1 is 1.19 bits per heavy atom. The molecular weight excluding hydrogens is 284 g/mol. The maximum absolute atomic E-state index is 11.3. The second-order valence-electron chi connectivity index (χ2n) is 4.26. The number of thioether (sulfide) groups is 1. The molecule has 104 valence electrons. The Bertz CT molecular complexity index is 770. The van der Waals surface area contributed by atoms with Crippen LogP contribution in [0.2, 0.25) is 0 Å². The molecule has 0 aliphatic rings. The van der Waals surface area contributed by atoms with E-state index in [2.05, 4.69) is 15.1 Å². The molecule has 0 saturated carbocycles. The number of carbonyl (C=O) groups is 1. The average Bonchev–Trinajstić information content (AvgIpc) is 3.00. The zero-order chi connectivity index (χ0) is 14.7. The summed E-state index contributed by atoms with van der Waals surface area (Å²) in [6.45, 7) is 0. The highest BCUT2D eigenvalue weighted by atomic mass is 32.2. The van der Waals surface area contributed by atoms with Crippen molar-refractivity contribution in [3.63, 3.8) is 0 Å². The largest absolute Gasteiger partial charge is 0.298 e. The van der Waals surface area contributed by atoms with Crippen molar-refractivity contribution < 1.29 is 4.79 Å². The molecule has 0 spiro atoms. The molecular formula is C15H12N4OS. The molecule has 2 heterocycles. The van der Waals surface area contributed by atoms with Crippen molar-refractivity contribution in [3.8, 4) is 17.1 Å². The predicted octanol–water partition coefficient (Wildman–Crippen LogP) is 2.86. The minimum Gasteiger partial charge on any atom is -0.298 e. The monoisotopic (exact) mass is 296 g/mol. The Morgan fingerprint density at radius 3 is 2.71 bits per heavy atom. The smallest absolute Gasteiger partial charge is 0.189 e. The number of aromatic nitrogens is 4. The van der Waals surface area contributed by atoms with E-state index in [1.807, 2.05) is 36.6 Å². The molecule has 0 atom stereocenters. The molecule has 21 heavy (non-hydrogen) atoms. The molecule has 0 saturated heterocycles. The van der Waals surface area contributed by atoms with Gasteiger partial charge in [-0.3, -0.25) is 4.79 Å². The molecule has 0 amide bonds. The second-order valence-corrected chi connectivity index (χ2v) is 5.04. The normalized spacial score (nSPS) is 10.5. The molecule has 3 rings (SSSR count). The molecule has 0 bridgehead atoms. The molecule has 3 aromatic rings. The number of carbonyl (C=O) groups excluding carboxylic acids is 1. The van der Waals surface area contributed by atoms with Gasteiger partial charge in [-0.25, -0.2) is 14.6 Å². The standard InChI is InChI=1S/C15H12N4OS/c1-21-15-16-8-7-13(17-15)19-9-12(10-20)14(18-19)11-5-3-2-4-6-11/h2-10H,1H3. The van der Waals surface area contributed by atoms with Crippen LogP contribution in [0, 0.1) is 0 Å². The van der Waals surface area contributed by atoms with E-state index in [1.54, 1.807) is 23.1 Å². The van der Waals surface area contributed by atoms with E-state index in [4.69, 9.17) is 0 Å². The van der Waals surface area contributed by atoms with Crippen molar-refractivity contribution in [1.29, 1.82) is 0 Å². The highest BCUT2D eigenvalue weighted by Crippen LogP contribution is 2.22. The van der Waals surface area contributed by atoms with Gasteiger partial charge in [-0.05, 0) is 6.26 Å². The minimum absolute atomic E-state index is 0.533. The van der Waals surface area contributed by atoms with Gasteiger partial charge in [0.15, 0.2) is 17.3 Å². The van der Waals surface area contributed by atoms with Crippen molar-refractivity contribution in [2.45, 2.75) is 5.16 Å². The summed E-state index contributed by atoms with van der Waals surface area (Å²) in [5, 5.41) is 5.15. The van der Waals surface area contributed by atoms with Gasteiger partial charge >= 0.3 is 0 Å². The second kappa shape index (κ2) is 5.88.